The fraction of sp³-hybridized carbons (Fsp3) is 0.0385. The van der Waals surface area contributed by atoms with Crippen LogP contribution >= 0.6 is 23.2 Å². The quantitative estimate of drug-likeness (QED) is 0.258. The number of benzene rings is 3. The van der Waals surface area contributed by atoms with Gasteiger partial charge in [0.15, 0.2) is 0 Å². The summed E-state index contributed by atoms with van der Waals surface area (Å²) in [7, 11) is 0. The molecule has 174 valence electrons. The Hall–Kier alpha value is -3.94. The molecule has 0 saturated carbocycles. The fourth-order valence-corrected chi connectivity index (χ4v) is 4.04. The van der Waals surface area contributed by atoms with E-state index in [1.165, 1.54) is 23.0 Å². The van der Waals surface area contributed by atoms with E-state index in [1.807, 2.05) is 13.0 Å². The number of halogens is 3. The van der Waals surface area contributed by atoms with Gasteiger partial charge in [0, 0.05) is 27.4 Å². The molecule has 0 aliphatic heterocycles. The zero-order chi connectivity index (χ0) is 24.5. The van der Waals surface area contributed by atoms with E-state index in [0.717, 1.165) is 11.1 Å². The molecule has 0 atom stereocenters. The molecule has 0 aliphatic carbocycles. The van der Waals surface area contributed by atoms with Gasteiger partial charge >= 0.3 is 0 Å². The van der Waals surface area contributed by atoms with Gasteiger partial charge in [0.05, 0.1) is 5.69 Å². The van der Waals surface area contributed by atoms with Crippen molar-refractivity contribution < 1.29 is 13.6 Å². The van der Waals surface area contributed by atoms with Gasteiger partial charge in [-0.05, 0) is 85.3 Å². The first-order valence-electron chi connectivity index (χ1n) is 10.5. The van der Waals surface area contributed by atoms with Crippen LogP contribution < -0.4 is 5.32 Å². The second-order valence-corrected chi connectivity index (χ2v) is 8.68. The van der Waals surface area contributed by atoms with Crippen LogP contribution in [0.3, 0.4) is 0 Å². The predicted octanol–water partition coefficient (Wildman–Crippen LogP) is 7.09. The fourth-order valence-electron chi connectivity index (χ4n) is 3.52. The van der Waals surface area contributed by atoms with Crippen LogP contribution in [0.15, 0.2) is 77.2 Å². The number of amides is 1. The summed E-state index contributed by atoms with van der Waals surface area (Å²) in [5.41, 5.74) is 4.05. The van der Waals surface area contributed by atoms with Crippen LogP contribution in [0.2, 0.25) is 10.0 Å². The van der Waals surface area contributed by atoms with Gasteiger partial charge in [0.2, 0.25) is 5.91 Å². The van der Waals surface area contributed by atoms with Gasteiger partial charge in [-0.3, -0.25) is 4.79 Å². The van der Waals surface area contributed by atoms with Crippen LogP contribution in [0, 0.1) is 12.7 Å². The molecule has 1 N–H and O–H groups in total. The SMILES string of the molecule is Cc1cc2nn(-c3ccc(F)cc3)nc2cc1NC(=O)/C=C/c1ccc(-c2cc(Cl)cc(Cl)c2)o1. The Morgan fingerprint density at radius 2 is 1.66 bits per heavy atom. The van der Waals surface area contributed by atoms with E-state index in [9.17, 15) is 9.18 Å². The molecule has 3 aromatic carbocycles. The van der Waals surface area contributed by atoms with Gasteiger partial charge in [-0.25, -0.2) is 4.39 Å². The molecule has 2 aromatic heterocycles. The number of nitrogens with one attached hydrogen (secondary N) is 1. The molecule has 0 saturated heterocycles. The molecular weight excluding hydrogens is 490 g/mol. The number of rotatable bonds is 5. The number of aromatic nitrogens is 3. The van der Waals surface area contributed by atoms with Gasteiger partial charge in [-0.2, -0.15) is 4.80 Å². The molecule has 0 bridgehead atoms. The molecule has 1 amide bonds. The summed E-state index contributed by atoms with van der Waals surface area (Å²) >= 11 is 12.1. The lowest BCUT2D eigenvalue weighted by Crippen LogP contribution is -2.08. The average Bonchev–Trinajstić information content (AvgIpc) is 3.45. The third-order valence-corrected chi connectivity index (χ3v) is 5.65. The minimum Gasteiger partial charge on any atom is -0.457 e. The summed E-state index contributed by atoms with van der Waals surface area (Å²) in [5.74, 6) is 0.418. The summed E-state index contributed by atoms with van der Waals surface area (Å²) in [6.07, 6.45) is 2.95. The van der Waals surface area contributed by atoms with Gasteiger partial charge < -0.3 is 9.73 Å². The summed E-state index contributed by atoms with van der Waals surface area (Å²) in [6, 6.07) is 18.1. The molecule has 0 fully saturated rings. The Morgan fingerprint density at radius 3 is 2.37 bits per heavy atom. The first kappa shape index (κ1) is 22.8. The Labute approximate surface area is 209 Å². The summed E-state index contributed by atoms with van der Waals surface area (Å²) in [6.45, 7) is 1.87. The van der Waals surface area contributed by atoms with Crippen molar-refractivity contribution in [2.45, 2.75) is 6.92 Å². The standard InChI is InChI=1S/C26H17Cl2FN4O2/c1-15-10-23-24(32-33(31-23)20-4-2-19(29)3-5-20)14-22(15)30-26(34)9-7-21-6-8-25(35-21)16-11-17(27)13-18(28)12-16/h2-14H,1H3,(H,30,34)/b9-7+. The predicted molar refractivity (Wildman–Crippen MR) is 135 cm³/mol. The number of anilines is 1. The highest BCUT2D eigenvalue weighted by Crippen LogP contribution is 2.29. The second-order valence-electron chi connectivity index (χ2n) is 7.80. The number of carbonyl (C=O) groups excluding carboxylic acids is 1. The number of nitrogens with zero attached hydrogens (tertiary/aromatic N) is 3. The van der Waals surface area contributed by atoms with E-state index >= 15 is 0 Å². The number of fused-ring (bicyclic) bond motifs is 1. The lowest BCUT2D eigenvalue weighted by molar-refractivity contribution is -0.111. The van der Waals surface area contributed by atoms with Gasteiger partial charge in [-0.15, -0.1) is 10.2 Å². The second kappa shape index (κ2) is 9.37. The highest BCUT2D eigenvalue weighted by molar-refractivity contribution is 6.35. The molecule has 5 aromatic rings. The summed E-state index contributed by atoms with van der Waals surface area (Å²) < 4.78 is 19.0. The van der Waals surface area contributed by atoms with Crippen molar-refractivity contribution in [2.24, 2.45) is 0 Å². The van der Waals surface area contributed by atoms with E-state index in [-0.39, 0.29) is 11.7 Å². The lowest BCUT2D eigenvalue weighted by atomic mass is 10.1. The number of hydrogen-bond donors (Lipinski definition) is 1. The summed E-state index contributed by atoms with van der Waals surface area (Å²) in [5, 5.41) is 12.7. The highest BCUT2D eigenvalue weighted by Gasteiger charge is 2.11. The van der Waals surface area contributed by atoms with Crippen LogP contribution in [-0.2, 0) is 4.79 Å². The Kier molecular flexibility index (Phi) is 6.11. The van der Waals surface area contributed by atoms with Crippen molar-refractivity contribution in [1.82, 2.24) is 15.0 Å². The minimum absolute atomic E-state index is 0.331. The van der Waals surface area contributed by atoms with E-state index < -0.39 is 0 Å². The van der Waals surface area contributed by atoms with Crippen LogP contribution in [-0.4, -0.2) is 20.9 Å². The molecule has 0 radical (unpaired) electrons. The number of carbonyl (C=O) groups is 1. The van der Waals surface area contributed by atoms with E-state index in [2.05, 4.69) is 15.5 Å². The Bertz CT molecular complexity index is 1570. The van der Waals surface area contributed by atoms with E-state index in [1.54, 1.807) is 54.6 Å². The zero-order valence-electron chi connectivity index (χ0n) is 18.3. The molecule has 9 heteroatoms. The molecule has 0 spiro atoms. The Balaban J connectivity index is 1.32. The van der Waals surface area contributed by atoms with E-state index in [0.29, 0.717) is 44.0 Å². The van der Waals surface area contributed by atoms with Crippen molar-refractivity contribution >= 4 is 51.9 Å². The highest BCUT2D eigenvalue weighted by atomic mass is 35.5. The number of aryl methyl sites for hydroxylation is 1. The minimum atomic E-state index is -0.334. The van der Waals surface area contributed by atoms with Crippen molar-refractivity contribution in [3.8, 4) is 17.0 Å². The molecule has 35 heavy (non-hydrogen) atoms. The third kappa shape index (κ3) is 5.11. The van der Waals surface area contributed by atoms with Crippen LogP contribution in [0.1, 0.15) is 11.3 Å². The molecule has 5 rings (SSSR count). The smallest absolute Gasteiger partial charge is 0.248 e. The van der Waals surface area contributed by atoms with Crippen molar-refractivity contribution in [3.63, 3.8) is 0 Å². The zero-order valence-corrected chi connectivity index (χ0v) is 19.8. The molecule has 6 nitrogen and oxygen atoms in total. The first-order valence-corrected chi connectivity index (χ1v) is 11.3. The number of furan rings is 1. The van der Waals surface area contributed by atoms with Crippen LogP contribution in [0.25, 0.3) is 34.1 Å². The largest absolute Gasteiger partial charge is 0.457 e. The normalized spacial score (nSPS) is 11.4. The monoisotopic (exact) mass is 506 g/mol. The lowest BCUT2D eigenvalue weighted by Gasteiger charge is -2.05. The molecule has 2 heterocycles. The Morgan fingerprint density at radius 1 is 0.971 bits per heavy atom. The van der Waals surface area contributed by atoms with Crippen LogP contribution in [0.4, 0.5) is 10.1 Å². The van der Waals surface area contributed by atoms with E-state index in [4.69, 9.17) is 27.6 Å². The van der Waals surface area contributed by atoms with Gasteiger partial charge in [0.1, 0.15) is 28.4 Å². The van der Waals surface area contributed by atoms with Gasteiger partial charge in [-0.1, -0.05) is 23.2 Å². The van der Waals surface area contributed by atoms with Crippen molar-refractivity contribution in [3.05, 3.63) is 100.0 Å². The average molecular weight is 507 g/mol. The van der Waals surface area contributed by atoms with Crippen molar-refractivity contribution in [2.75, 3.05) is 5.32 Å². The van der Waals surface area contributed by atoms with Crippen LogP contribution in [0.5, 0.6) is 0 Å². The number of hydrogen-bond acceptors (Lipinski definition) is 4. The first-order chi connectivity index (χ1) is 16.8. The van der Waals surface area contributed by atoms with Gasteiger partial charge in [0.25, 0.3) is 0 Å². The third-order valence-electron chi connectivity index (χ3n) is 5.21. The van der Waals surface area contributed by atoms with Crippen molar-refractivity contribution in [1.29, 1.82) is 0 Å². The molecular formula is C26H17Cl2FN4O2. The summed E-state index contributed by atoms with van der Waals surface area (Å²) in [4.78, 5) is 14.0. The maximum absolute atomic E-state index is 13.2. The molecule has 0 aliphatic rings. The topological polar surface area (TPSA) is 73.0 Å². The maximum Gasteiger partial charge on any atom is 0.248 e. The maximum atomic E-state index is 13.2. The molecule has 0 unspecified atom stereocenters.